The molecule has 1 saturated heterocycles. The first-order valence-electron chi connectivity index (χ1n) is 8.18. The molecule has 3 aliphatic rings. The summed E-state index contributed by atoms with van der Waals surface area (Å²) in [6.45, 7) is 1.48. The van der Waals surface area contributed by atoms with Gasteiger partial charge in [0.1, 0.15) is 0 Å². The van der Waals surface area contributed by atoms with Crippen LogP contribution < -0.4 is 5.32 Å². The summed E-state index contributed by atoms with van der Waals surface area (Å²) < 4.78 is 5.39. The maximum absolute atomic E-state index is 12.2. The Balaban J connectivity index is 1.33. The van der Waals surface area contributed by atoms with Gasteiger partial charge in [-0.15, -0.1) is 0 Å². The standard InChI is InChI=1S/C15H22N4O2/c20-15(16-12-3-1-2-4-12)19-8-7-11(9-19)14-17-13(18-21-14)10-5-6-10/h10-12H,1-9H2,(H,16,20). The fourth-order valence-corrected chi connectivity index (χ4v) is 3.40. The average Bonchev–Trinajstić information content (AvgIpc) is 2.94. The molecular formula is C15H22N4O2. The van der Waals surface area contributed by atoms with Gasteiger partial charge in [-0.05, 0) is 32.1 Å². The van der Waals surface area contributed by atoms with Gasteiger partial charge >= 0.3 is 6.03 Å². The molecule has 6 heteroatoms. The minimum absolute atomic E-state index is 0.0753. The van der Waals surface area contributed by atoms with E-state index < -0.39 is 0 Å². The first-order chi connectivity index (χ1) is 10.3. The number of carbonyl (C=O) groups excluding carboxylic acids is 1. The molecule has 1 aromatic rings. The van der Waals surface area contributed by atoms with E-state index in [1.54, 1.807) is 0 Å². The molecular weight excluding hydrogens is 268 g/mol. The molecule has 0 aromatic carbocycles. The van der Waals surface area contributed by atoms with Crippen molar-refractivity contribution in [2.45, 2.75) is 62.8 Å². The van der Waals surface area contributed by atoms with Crippen molar-refractivity contribution < 1.29 is 9.32 Å². The molecule has 1 N–H and O–H groups in total. The van der Waals surface area contributed by atoms with Gasteiger partial charge in [-0.2, -0.15) is 4.98 Å². The summed E-state index contributed by atoms with van der Waals surface area (Å²) >= 11 is 0. The fourth-order valence-electron chi connectivity index (χ4n) is 3.40. The van der Waals surface area contributed by atoms with Crippen molar-refractivity contribution in [1.82, 2.24) is 20.4 Å². The minimum atomic E-state index is 0.0753. The molecule has 6 nitrogen and oxygen atoms in total. The maximum Gasteiger partial charge on any atom is 0.317 e. The number of urea groups is 1. The van der Waals surface area contributed by atoms with Crippen molar-refractivity contribution in [2.75, 3.05) is 13.1 Å². The zero-order chi connectivity index (χ0) is 14.2. The molecule has 0 spiro atoms. The second-order valence-electron chi connectivity index (χ2n) is 6.63. The van der Waals surface area contributed by atoms with E-state index >= 15 is 0 Å². The summed E-state index contributed by atoms with van der Waals surface area (Å²) in [4.78, 5) is 18.7. The predicted molar refractivity (Wildman–Crippen MR) is 76.0 cm³/mol. The van der Waals surface area contributed by atoms with Gasteiger partial charge < -0.3 is 14.7 Å². The molecule has 21 heavy (non-hydrogen) atoms. The van der Waals surface area contributed by atoms with Gasteiger partial charge in [0.15, 0.2) is 5.82 Å². The summed E-state index contributed by atoms with van der Waals surface area (Å²) in [6.07, 6.45) is 8.00. The van der Waals surface area contributed by atoms with E-state index in [1.165, 1.54) is 25.7 Å². The highest BCUT2D eigenvalue weighted by molar-refractivity contribution is 5.75. The zero-order valence-corrected chi connectivity index (χ0v) is 12.3. The third-order valence-electron chi connectivity index (χ3n) is 4.91. The highest BCUT2D eigenvalue weighted by Crippen LogP contribution is 2.39. The molecule has 2 amide bonds. The quantitative estimate of drug-likeness (QED) is 0.927. The number of nitrogens with one attached hydrogen (secondary N) is 1. The van der Waals surface area contributed by atoms with Crippen LogP contribution in [0.25, 0.3) is 0 Å². The van der Waals surface area contributed by atoms with Gasteiger partial charge in [0, 0.05) is 25.0 Å². The lowest BCUT2D eigenvalue weighted by Gasteiger charge is -2.20. The highest BCUT2D eigenvalue weighted by atomic mass is 16.5. The largest absolute Gasteiger partial charge is 0.339 e. The molecule has 3 fully saturated rings. The van der Waals surface area contributed by atoms with Crippen LogP contribution in [-0.4, -0.2) is 40.2 Å². The number of nitrogens with zero attached hydrogens (tertiary/aromatic N) is 3. The van der Waals surface area contributed by atoms with Crippen LogP contribution in [0.4, 0.5) is 4.79 Å². The molecule has 0 bridgehead atoms. The lowest BCUT2D eigenvalue weighted by molar-refractivity contribution is 0.203. The lowest BCUT2D eigenvalue weighted by Crippen LogP contribution is -2.42. The van der Waals surface area contributed by atoms with E-state index in [1.807, 2.05) is 4.90 Å². The number of hydrogen-bond acceptors (Lipinski definition) is 4. The number of hydrogen-bond donors (Lipinski definition) is 1. The predicted octanol–water partition coefficient (Wildman–Crippen LogP) is 2.39. The van der Waals surface area contributed by atoms with Crippen LogP contribution in [0.5, 0.6) is 0 Å². The molecule has 1 atom stereocenters. The van der Waals surface area contributed by atoms with Crippen molar-refractivity contribution in [3.05, 3.63) is 11.7 Å². The molecule has 1 unspecified atom stereocenters. The van der Waals surface area contributed by atoms with Crippen LogP contribution in [-0.2, 0) is 0 Å². The van der Waals surface area contributed by atoms with Crippen LogP contribution in [0, 0.1) is 0 Å². The SMILES string of the molecule is O=C(NC1CCCC1)N1CCC(c2nc(C3CC3)no2)C1. The fraction of sp³-hybridized carbons (Fsp3) is 0.800. The minimum Gasteiger partial charge on any atom is -0.339 e. The van der Waals surface area contributed by atoms with Crippen molar-refractivity contribution in [3.8, 4) is 0 Å². The summed E-state index contributed by atoms with van der Waals surface area (Å²) in [5.41, 5.74) is 0. The molecule has 4 rings (SSSR count). The third-order valence-corrected chi connectivity index (χ3v) is 4.91. The zero-order valence-electron chi connectivity index (χ0n) is 12.3. The maximum atomic E-state index is 12.2. The number of likely N-dealkylation sites (tertiary alicyclic amines) is 1. The van der Waals surface area contributed by atoms with Crippen molar-refractivity contribution in [2.24, 2.45) is 0 Å². The summed E-state index contributed by atoms with van der Waals surface area (Å²) in [6, 6.07) is 0.452. The van der Waals surface area contributed by atoms with Gasteiger partial charge in [0.05, 0.1) is 5.92 Å². The van der Waals surface area contributed by atoms with Crippen molar-refractivity contribution >= 4 is 6.03 Å². The van der Waals surface area contributed by atoms with Crippen molar-refractivity contribution in [1.29, 1.82) is 0 Å². The summed E-state index contributed by atoms with van der Waals surface area (Å²) in [7, 11) is 0. The molecule has 2 saturated carbocycles. The van der Waals surface area contributed by atoms with E-state index in [9.17, 15) is 4.79 Å². The first-order valence-corrected chi connectivity index (χ1v) is 8.18. The van der Waals surface area contributed by atoms with Gasteiger partial charge in [-0.3, -0.25) is 0 Å². The third kappa shape index (κ3) is 2.76. The van der Waals surface area contributed by atoms with Crippen LogP contribution in [0.15, 0.2) is 4.52 Å². The van der Waals surface area contributed by atoms with Gasteiger partial charge in [-0.25, -0.2) is 4.79 Å². The van der Waals surface area contributed by atoms with Crippen molar-refractivity contribution in [3.63, 3.8) is 0 Å². The Hall–Kier alpha value is -1.59. The Morgan fingerprint density at radius 2 is 1.95 bits per heavy atom. The Morgan fingerprint density at radius 3 is 2.71 bits per heavy atom. The molecule has 1 aromatic heterocycles. The number of carbonyl (C=O) groups is 1. The number of amides is 2. The Kier molecular flexibility index (Phi) is 3.31. The highest BCUT2D eigenvalue weighted by Gasteiger charge is 2.34. The number of aromatic nitrogens is 2. The Labute approximate surface area is 124 Å². The average molecular weight is 290 g/mol. The molecule has 2 aliphatic carbocycles. The van der Waals surface area contributed by atoms with Crippen LogP contribution in [0.2, 0.25) is 0 Å². The van der Waals surface area contributed by atoms with E-state index in [-0.39, 0.29) is 11.9 Å². The summed E-state index contributed by atoms with van der Waals surface area (Å²) in [5, 5.41) is 7.22. The van der Waals surface area contributed by atoms with Gasteiger partial charge in [0.25, 0.3) is 0 Å². The number of rotatable bonds is 3. The lowest BCUT2D eigenvalue weighted by atomic mass is 10.1. The second kappa shape index (κ2) is 5.31. The molecule has 2 heterocycles. The van der Waals surface area contributed by atoms with Crippen LogP contribution in [0.1, 0.15) is 68.5 Å². The Morgan fingerprint density at radius 1 is 1.14 bits per heavy atom. The second-order valence-corrected chi connectivity index (χ2v) is 6.63. The van der Waals surface area contributed by atoms with Gasteiger partial charge in [0.2, 0.25) is 5.89 Å². The van der Waals surface area contributed by atoms with Crippen LogP contribution in [0.3, 0.4) is 0 Å². The van der Waals surface area contributed by atoms with E-state index in [0.29, 0.717) is 24.4 Å². The smallest absolute Gasteiger partial charge is 0.317 e. The van der Waals surface area contributed by atoms with E-state index in [0.717, 1.165) is 31.6 Å². The first kappa shape index (κ1) is 13.1. The topological polar surface area (TPSA) is 71.3 Å². The summed E-state index contributed by atoms with van der Waals surface area (Å²) in [5.74, 6) is 2.30. The Bertz CT molecular complexity index is 519. The molecule has 114 valence electrons. The van der Waals surface area contributed by atoms with Gasteiger partial charge in [-0.1, -0.05) is 18.0 Å². The normalized spacial score (nSPS) is 26.5. The molecule has 0 radical (unpaired) electrons. The van der Waals surface area contributed by atoms with E-state index in [2.05, 4.69) is 15.5 Å². The van der Waals surface area contributed by atoms with E-state index in [4.69, 9.17) is 4.52 Å². The molecule has 1 aliphatic heterocycles. The monoisotopic (exact) mass is 290 g/mol. The van der Waals surface area contributed by atoms with Crippen LogP contribution >= 0.6 is 0 Å².